The monoisotopic (exact) mass is 325 g/mol. The third kappa shape index (κ3) is 3.85. The highest BCUT2D eigenvalue weighted by Gasteiger charge is 2.22. The molecule has 0 saturated carbocycles. The SMILES string of the molecule is CCOC(=O)c1nc(NCc2nc(C)cs2)sc1C(C)=O. The van der Waals surface area contributed by atoms with Gasteiger partial charge in [-0.15, -0.1) is 11.3 Å². The number of nitrogens with one attached hydrogen (secondary N) is 1. The Bertz CT molecular complexity index is 663. The molecule has 0 aliphatic heterocycles. The molecule has 2 aromatic heterocycles. The molecule has 2 heterocycles. The molecule has 8 heteroatoms. The topological polar surface area (TPSA) is 81.2 Å². The predicted molar refractivity (Wildman–Crippen MR) is 82.3 cm³/mol. The molecule has 0 aliphatic rings. The number of Topliss-reactive ketones (excluding diaryl/α,β-unsaturated/α-hetero) is 1. The predicted octanol–water partition coefficient (Wildman–Crippen LogP) is 2.90. The largest absolute Gasteiger partial charge is 0.461 e. The van der Waals surface area contributed by atoms with Gasteiger partial charge in [0.2, 0.25) is 0 Å². The van der Waals surface area contributed by atoms with Crippen molar-refractivity contribution in [1.29, 1.82) is 0 Å². The average molecular weight is 325 g/mol. The fourth-order valence-corrected chi connectivity index (χ4v) is 3.16. The number of carbonyl (C=O) groups excluding carboxylic acids is 2. The van der Waals surface area contributed by atoms with Gasteiger partial charge < -0.3 is 10.1 Å². The van der Waals surface area contributed by atoms with Crippen molar-refractivity contribution in [3.63, 3.8) is 0 Å². The fourth-order valence-electron chi connectivity index (χ4n) is 1.61. The van der Waals surface area contributed by atoms with Gasteiger partial charge in [-0.3, -0.25) is 4.79 Å². The molecular formula is C13H15N3O3S2. The fraction of sp³-hybridized carbons (Fsp3) is 0.385. The van der Waals surface area contributed by atoms with Crippen LogP contribution in [0.25, 0.3) is 0 Å². The second-order valence-electron chi connectivity index (χ2n) is 4.21. The van der Waals surface area contributed by atoms with Crippen molar-refractivity contribution in [3.8, 4) is 0 Å². The molecule has 0 saturated heterocycles. The summed E-state index contributed by atoms with van der Waals surface area (Å²) in [7, 11) is 0. The Hall–Kier alpha value is -1.80. The van der Waals surface area contributed by atoms with Gasteiger partial charge in [0.25, 0.3) is 0 Å². The minimum Gasteiger partial charge on any atom is -0.461 e. The first-order chi connectivity index (χ1) is 10.0. The lowest BCUT2D eigenvalue weighted by Gasteiger charge is -1.99. The van der Waals surface area contributed by atoms with Crippen molar-refractivity contribution in [3.05, 3.63) is 26.7 Å². The Morgan fingerprint density at radius 1 is 1.38 bits per heavy atom. The third-order valence-electron chi connectivity index (χ3n) is 2.47. The number of ether oxygens (including phenoxy) is 1. The van der Waals surface area contributed by atoms with Gasteiger partial charge in [0.05, 0.1) is 13.2 Å². The molecule has 0 unspecified atom stereocenters. The van der Waals surface area contributed by atoms with E-state index in [0.29, 0.717) is 16.6 Å². The van der Waals surface area contributed by atoms with Gasteiger partial charge in [-0.1, -0.05) is 11.3 Å². The first kappa shape index (κ1) is 15.6. The van der Waals surface area contributed by atoms with E-state index in [1.807, 2.05) is 12.3 Å². The highest BCUT2D eigenvalue weighted by atomic mass is 32.1. The molecule has 0 aromatic carbocycles. The molecule has 0 radical (unpaired) electrons. The number of thiazole rings is 2. The molecule has 112 valence electrons. The molecule has 0 aliphatic carbocycles. The van der Waals surface area contributed by atoms with Crippen LogP contribution in [0.2, 0.25) is 0 Å². The van der Waals surface area contributed by atoms with Crippen molar-refractivity contribution in [2.45, 2.75) is 27.3 Å². The molecule has 2 rings (SSSR count). The van der Waals surface area contributed by atoms with Gasteiger partial charge >= 0.3 is 5.97 Å². The molecule has 0 fully saturated rings. The summed E-state index contributed by atoms with van der Waals surface area (Å²) in [5.74, 6) is -0.772. The van der Waals surface area contributed by atoms with Gasteiger partial charge in [-0.05, 0) is 13.8 Å². The Balaban J connectivity index is 2.15. The minimum atomic E-state index is -0.572. The van der Waals surface area contributed by atoms with E-state index in [9.17, 15) is 9.59 Å². The summed E-state index contributed by atoms with van der Waals surface area (Å²) in [5, 5.41) is 6.48. The van der Waals surface area contributed by atoms with E-state index < -0.39 is 5.97 Å². The number of hydrogen-bond donors (Lipinski definition) is 1. The second kappa shape index (κ2) is 6.77. The van der Waals surface area contributed by atoms with Crippen LogP contribution >= 0.6 is 22.7 Å². The first-order valence-corrected chi connectivity index (χ1v) is 8.04. The van der Waals surface area contributed by atoms with Gasteiger partial charge in [0, 0.05) is 18.0 Å². The Morgan fingerprint density at radius 2 is 2.14 bits per heavy atom. The number of hydrogen-bond acceptors (Lipinski definition) is 8. The van der Waals surface area contributed by atoms with Crippen molar-refractivity contribution in [1.82, 2.24) is 9.97 Å². The standard InChI is InChI=1S/C13H15N3O3S2/c1-4-19-12(18)10-11(8(3)17)21-13(16-10)14-5-9-15-7(2)6-20-9/h6H,4-5H2,1-3H3,(H,14,16). The van der Waals surface area contributed by atoms with Crippen molar-refractivity contribution in [2.24, 2.45) is 0 Å². The lowest BCUT2D eigenvalue weighted by molar-refractivity contribution is 0.0517. The molecule has 0 bridgehead atoms. The molecule has 0 atom stereocenters. The van der Waals surface area contributed by atoms with Crippen LogP contribution in [0.15, 0.2) is 5.38 Å². The maximum absolute atomic E-state index is 11.8. The van der Waals surface area contributed by atoms with E-state index in [4.69, 9.17) is 4.74 Å². The Kier molecular flexibility index (Phi) is 5.03. The minimum absolute atomic E-state index is 0.0761. The number of anilines is 1. The van der Waals surface area contributed by atoms with E-state index in [1.54, 1.807) is 18.3 Å². The van der Waals surface area contributed by atoms with E-state index in [-0.39, 0.29) is 18.1 Å². The van der Waals surface area contributed by atoms with Crippen LogP contribution in [0.4, 0.5) is 5.13 Å². The summed E-state index contributed by atoms with van der Waals surface area (Å²) in [6.07, 6.45) is 0. The van der Waals surface area contributed by atoms with E-state index >= 15 is 0 Å². The molecule has 1 N–H and O–H groups in total. The van der Waals surface area contributed by atoms with Crippen LogP contribution in [0.1, 0.15) is 44.7 Å². The lowest BCUT2D eigenvalue weighted by atomic mass is 10.3. The molecule has 2 aromatic rings. The van der Waals surface area contributed by atoms with Crippen LogP contribution in [0.3, 0.4) is 0 Å². The summed E-state index contributed by atoms with van der Waals surface area (Å²) in [4.78, 5) is 32.2. The maximum atomic E-state index is 11.8. The average Bonchev–Trinajstić information content (AvgIpc) is 3.03. The molecule has 6 nitrogen and oxygen atoms in total. The molecule has 0 spiro atoms. The second-order valence-corrected chi connectivity index (χ2v) is 6.15. The lowest BCUT2D eigenvalue weighted by Crippen LogP contribution is -2.09. The van der Waals surface area contributed by atoms with Crippen LogP contribution < -0.4 is 5.32 Å². The molecule has 21 heavy (non-hydrogen) atoms. The van der Waals surface area contributed by atoms with Crippen molar-refractivity contribution >= 4 is 39.6 Å². The first-order valence-electron chi connectivity index (χ1n) is 6.35. The quantitative estimate of drug-likeness (QED) is 0.649. The Morgan fingerprint density at radius 3 is 2.71 bits per heavy atom. The van der Waals surface area contributed by atoms with E-state index in [2.05, 4.69) is 15.3 Å². The summed E-state index contributed by atoms with van der Waals surface area (Å²) < 4.78 is 4.91. The Labute approximate surface area is 130 Å². The van der Waals surface area contributed by atoms with Crippen LogP contribution in [-0.4, -0.2) is 28.3 Å². The third-order valence-corrected chi connectivity index (χ3v) is 4.55. The van der Waals surface area contributed by atoms with E-state index in [0.717, 1.165) is 22.0 Å². The number of aromatic nitrogens is 2. The van der Waals surface area contributed by atoms with Crippen molar-refractivity contribution in [2.75, 3.05) is 11.9 Å². The number of esters is 1. The smallest absolute Gasteiger partial charge is 0.358 e. The zero-order chi connectivity index (χ0) is 15.4. The summed E-state index contributed by atoms with van der Waals surface area (Å²) >= 11 is 2.70. The van der Waals surface area contributed by atoms with Gasteiger partial charge in [-0.2, -0.15) is 0 Å². The number of nitrogens with zero attached hydrogens (tertiary/aromatic N) is 2. The summed E-state index contributed by atoms with van der Waals surface area (Å²) in [6.45, 7) is 5.79. The van der Waals surface area contributed by atoms with Gasteiger partial charge in [-0.25, -0.2) is 14.8 Å². The number of carbonyl (C=O) groups is 2. The van der Waals surface area contributed by atoms with Gasteiger partial charge in [0.1, 0.15) is 9.88 Å². The maximum Gasteiger partial charge on any atom is 0.358 e. The number of ketones is 1. The zero-order valence-electron chi connectivity index (χ0n) is 11.9. The normalized spacial score (nSPS) is 10.4. The number of aryl methyl sites for hydroxylation is 1. The summed E-state index contributed by atoms with van der Waals surface area (Å²) in [5.41, 5.74) is 1.04. The van der Waals surface area contributed by atoms with E-state index in [1.165, 1.54) is 6.92 Å². The molecular weight excluding hydrogens is 310 g/mol. The molecule has 0 amide bonds. The van der Waals surface area contributed by atoms with Crippen LogP contribution in [0.5, 0.6) is 0 Å². The van der Waals surface area contributed by atoms with Crippen LogP contribution in [0, 0.1) is 6.92 Å². The van der Waals surface area contributed by atoms with Gasteiger partial charge in [0.15, 0.2) is 16.6 Å². The number of rotatable bonds is 6. The zero-order valence-corrected chi connectivity index (χ0v) is 13.6. The van der Waals surface area contributed by atoms with Crippen LogP contribution in [-0.2, 0) is 11.3 Å². The summed E-state index contributed by atoms with van der Waals surface area (Å²) in [6, 6.07) is 0. The highest BCUT2D eigenvalue weighted by molar-refractivity contribution is 7.17. The highest BCUT2D eigenvalue weighted by Crippen LogP contribution is 2.25. The van der Waals surface area contributed by atoms with Crippen molar-refractivity contribution < 1.29 is 14.3 Å².